The third-order valence-corrected chi connectivity index (χ3v) is 3.97. The van der Waals surface area contributed by atoms with Crippen LogP contribution >= 0.6 is 11.8 Å². The fraction of sp³-hybridized carbons (Fsp3) is 0.647. The number of hydrogen-bond acceptors (Lipinski definition) is 3. The molecule has 0 radical (unpaired) electrons. The van der Waals surface area contributed by atoms with Crippen molar-refractivity contribution in [2.24, 2.45) is 0 Å². The lowest BCUT2D eigenvalue weighted by atomic mass is 10.1. The fourth-order valence-corrected chi connectivity index (χ4v) is 2.51. The minimum Gasteiger partial charge on any atom is -0.493 e. The molecule has 0 saturated heterocycles. The number of hydrogen-bond donors (Lipinski definition) is 1. The van der Waals surface area contributed by atoms with E-state index >= 15 is 0 Å². The Morgan fingerprint density at radius 2 is 2.00 bits per heavy atom. The zero-order valence-electron chi connectivity index (χ0n) is 13.6. The van der Waals surface area contributed by atoms with Crippen molar-refractivity contribution in [1.82, 2.24) is 5.32 Å². The van der Waals surface area contributed by atoms with Crippen LogP contribution in [0.2, 0.25) is 0 Å². The molecule has 1 aromatic rings. The number of para-hydroxylation sites is 1. The highest BCUT2D eigenvalue weighted by atomic mass is 32.2. The second-order valence-electron chi connectivity index (χ2n) is 6.07. The van der Waals surface area contributed by atoms with Crippen molar-refractivity contribution in [2.75, 3.05) is 18.1 Å². The van der Waals surface area contributed by atoms with E-state index in [4.69, 9.17) is 4.74 Å². The quantitative estimate of drug-likeness (QED) is 0.718. The SMILES string of the molecule is CCSCCCOc1c(C)cccc1CNC(C)(C)C. The minimum atomic E-state index is 0.124. The summed E-state index contributed by atoms with van der Waals surface area (Å²) in [4.78, 5) is 0. The van der Waals surface area contributed by atoms with Gasteiger partial charge < -0.3 is 10.1 Å². The van der Waals surface area contributed by atoms with Crippen LogP contribution in [-0.2, 0) is 6.54 Å². The smallest absolute Gasteiger partial charge is 0.126 e. The molecule has 0 bridgehead atoms. The van der Waals surface area contributed by atoms with Crippen molar-refractivity contribution in [3.63, 3.8) is 0 Å². The monoisotopic (exact) mass is 295 g/mol. The Labute approximate surface area is 128 Å². The summed E-state index contributed by atoms with van der Waals surface area (Å²) in [5.41, 5.74) is 2.60. The van der Waals surface area contributed by atoms with Crippen LogP contribution in [0.3, 0.4) is 0 Å². The molecule has 0 aromatic heterocycles. The predicted octanol–water partition coefficient (Wildman–Crippen LogP) is 4.41. The van der Waals surface area contributed by atoms with Crippen LogP contribution in [0.1, 0.15) is 45.2 Å². The van der Waals surface area contributed by atoms with Crippen LogP contribution in [0.4, 0.5) is 0 Å². The molecule has 0 heterocycles. The van der Waals surface area contributed by atoms with Crippen LogP contribution in [-0.4, -0.2) is 23.7 Å². The summed E-state index contributed by atoms with van der Waals surface area (Å²) in [7, 11) is 0. The van der Waals surface area contributed by atoms with Gasteiger partial charge in [0.05, 0.1) is 6.61 Å². The molecule has 0 aliphatic carbocycles. The van der Waals surface area contributed by atoms with E-state index in [1.807, 2.05) is 11.8 Å². The highest BCUT2D eigenvalue weighted by molar-refractivity contribution is 7.99. The second-order valence-corrected chi connectivity index (χ2v) is 7.46. The molecule has 114 valence electrons. The molecule has 0 fully saturated rings. The molecule has 0 aliphatic rings. The van der Waals surface area contributed by atoms with Gasteiger partial charge in [-0.25, -0.2) is 0 Å². The summed E-state index contributed by atoms with van der Waals surface area (Å²) in [5, 5.41) is 3.53. The molecule has 1 rings (SSSR count). The van der Waals surface area contributed by atoms with Gasteiger partial charge >= 0.3 is 0 Å². The summed E-state index contributed by atoms with van der Waals surface area (Å²) in [6, 6.07) is 6.38. The Kier molecular flexibility index (Phi) is 7.46. The Bertz CT molecular complexity index is 398. The van der Waals surface area contributed by atoms with Gasteiger partial charge in [0.15, 0.2) is 0 Å². The Balaban J connectivity index is 2.59. The molecular formula is C17H29NOS. The molecular weight excluding hydrogens is 266 g/mol. The van der Waals surface area contributed by atoms with Crippen LogP contribution in [0.25, 0.3) is 0 Å². The Hall–Kier alpha value is -0.670. The van der Waals surface area contributed by atoms with E-state index in [2.05, 4.69) is 58.1 Å². The topological polar surface area (TPSA) is 21.3 Å². The lowest BCUT2D eigenvalue weighted by Crippen LogP contribution is -2.35. The maximum atomic E-state index is 6.03. The Morgan fingerprint density at radius 1 is 1.25 bits per heavy atom. The van der Waals surface area contributed by atoms with Crippen molar-refractivity contribution in [2.45, 2.75) is 53.1 Å². The molecule has 0 atom stereocenters. The maximum absolute atomic E-state index is 6.03. The van der Waals surface area contributed by atoms with Gasteiger partial charge in [0, 0.05) is 17.6 Å². The van der Waals surface area contributed by atoms with E-state index in [0.717, 1.165) is 25.3 Å². The summed E-state index contributed by atoms with van der Waals surface area (Å²) >= 11 is 1.97. The van der Waals surface area contributed by atoms with Gasteiger partial charge in [-0.15, -0.1) is 0 Å². The van der Waals surface area contributed by atoms with Gasteiger partial charge in [0.1, 0.15) is 5.75 Å². The van der Waals surface area contributed by atoms with Gasteiger partial charge in [-0.3, -0.25) is 0 Å². The first-order chi connectivity index (χ1) is 9.44. The Morgan fingerprint density at radius 3 is 2.65 bits per heavy atom. The van der Waals surface area contributed by atoms with Crippen molar-refractivity contribution in [1.29, 1.82) is 0 Å². The number of aryl methyl sites for hydroxylation is 1. The number of benzene rings is 1. The third kappa shape index (κ3) is 6.67. The summed E-state index contributed by atoms with van der Waals surface area (Å²) in [6.45, 7) is 12.5. The minimum absolute atomic E-state index is 0.124. The van der Waals surface area contributed by atoms with E-state index in [1.54, 1.807) is 0 Å². The van der Waals surface area contributed by atoms with Gasteiger partial charge in [0.2, 0.25) is 0 Å². The first-order valence-corrected chi connectivity index (χ1v) is 8.63. The number of ether oxygens (including phenoxy) is 1. The molecule has 0 amide bonds. The average Bonchev–Trinajstić information content (AvgIpc) is 2.37. The fourth-order valence-electron chi connectivity index (χ4n) is 1.90. The molecule has 1 aromatic carbocycles. The normalized spacial score (nSPS) is 11.7. The molecule has 0 spiro atoms. The highest BCUT2D eigenvalue weighted by Crippen LogP contribution is 2.24. The molecule has 2 nitrogen and oxygen atoms in total. The molecule has 3 heteroatoms. The zero-order chi connectivity index (χ0) is 15.0. The van der Waals surface area contributed by atoms with Gasteiger partial charge in [-0.2, -0.15) is 11.8 Å². The zero-order valence-corrected chi connectivity index (χ0v) is 14.4. The van der Waals surface area contributed by atoms with Crippen LogP contribution in [0.5, 0.6) is 5.75 Å². The summed E-state index contributed by atoms with van der Waals surface area (Å²) in [6.07, 6.45) is 1.11. The highest BCUT2D eigenvalue weighted by Gasteiger charge is 2.12. The van der Waals surface area contributed by atoms with E-state index in [1.165, 1.54) is 22.6 Å². The van der Waals surface area contributed by atoms with Gasteiger partial charge in [-0.05, 0) is 51.2 Å². The molecule has 0 aliphatic heterocycles. The van der Waals surface area contributed by atoms with Crippen LogP contribution in [0, 0.1) is 6.92 Å². The van der Waals surface area contributed by atoms with Crippen LogP contribution < -0.4 is 10.1 Å². The molecule has 0 saturated carbocycles. The number of thioether (sulfide) groups is 1. The van der Waals surface area contributed by atoms with E-state index in [-0.39, 0.29) is 5.54 Å². The van der Waals surface area contributed by atoms with Crippen molar-refractivity contribution >= 4 is 11.8 Å². The number of rotatable bonds is 8. The lowest BCUT2D eigenvalue weighted by Gasteiger charge is -2.22. The average molecular weight is 295 g/mol. The van der Waals surface area contributed by atoms with E-state index < -0.39 is 0 Å². The van der Waals surface area contributed by atoms with Crippen LogP contribution in [0.15, 0.2) is 18.2 Å². The summed E-state index contributed by atoms with van der Waals surface area (Å²) in [5.74, 6) is 3.43. The van der Waals surface area contributed by atoms with Crippen molar-refractivity contribution in [3.8, 4) is 5.75 Å². The first-order valence-electron chi connectivity index (χ1n) is 7.48. The summed E-state index contributed by atoms with van der Waals surface area (Å²) < 4.78 is 6.03. The molecule has 1 N–H and O–H groups in total. The second kappa shape index (κ2) is 8.58. The molecule has 20 heavy (non-hydrogen) atoms. The van der Waals surface area contributed by atoms with Gasteiger partial charge in [0.25, 0.3) is 0 Å². The maximum Gasteiger partial charge on any atom is 0.126 e. The van der Waals surface area contributed by atoms with Gasteiger partial charge in [-0.1, -0.05) is 25.1 Å². The van der Waals surface area contributed by atoms with Crippen molar-refractivity contribution < 1.29 is 4.74 Å². The molecule has 0 unspecified atom stereocenters. The largest absolute Gasteiger partial charge is 0.493 e. The van der Waals surface area contributed by atoms with E-state index in [9.17, 15) is 0 Å². The van der Waals surface area contributed by atoms with E-state index in [0.29, 0.717) is 0 Å². The van der Waals surface area contributed by atoms with Crippen molar-refractivity contribution in [3.05, 3.63) is 29.3 Å². The number of nitrogens with one attached hydrogen (secondary N) is 1. The standard InChI is InChI=1S/C17H29NOS/c1-6-20-12-8-11-19-16-14(2)9-7-10-15(16)13-18-17(3,4)5/h7,9-10,18H,6,8,11-13H2,1-5H3. The lowest BCUT2D eigenvalue weighted by molar-refractivity contribution is 0.310. The first kappa shape index (κ1) is 17.4. The third-order valence-electron chi connectivity index (χ3n) is 2.99. The predicted molar refractivity (Wildman–Crippen MR) is 90.9 cm³/mol.